The quantitative estimate of drug-likeness (QED) is 0.320. The van der Waals surface area contributed by atoms with Gasteiger partial charge < -0.3 is 20.0 Å². The predicted molar refractivity (Wildman–Crippen MR) is 49.2 cm³/mol. The van der Waals surface area contributed by atoms with Crippen LogP contribution < -0.4 is 10.4 Å². The molecule has 0 atom stereocenters. The maximum Gasteiger partial charge on any atom is 0.330 e. The van der Waals surface area contributed by atoms with Crippen LogP contribution in [0.4, 0.5) is 0 Å². The van der Waals surface area contributed by atoms with Crippen molar-refractivity contribution in [2.75, 3.05) is 20.7 Å². The number of ether oxygens (including phenoxy) is 1. The van der Waals surface area contributed by atoms with Crippen LogP contribution in [0.5, 0.6) is 0 Å². The molecule has 0 amide bonds. The largest absolute Gasteiger partial charge is 0.550 e. The molecule has 0 spiro atoms. The van der Waals surface area contributed by atoms with Crippen LogP contribution in [-0.4, -0.2) is 32.6 Å². The molecule has 14 heavy (non-hydrogen) atoms. The van der Waals surface area contributed by atoms with Crippen molar-refractivity contribution in [3.63, 3.8) is 0 Å². The summed E-state index contributed by atoms with van der Waals surface area (Å²) in [6.07, 6.45) is 1.21. The second-order valence-electron chi connectivity index (χ2n) is 2.42. The Morgan fingerprint density at radius 2 is 2.00 bits per heavy atom. The summed E-state index contributed by atoms with van der Waals surface area (Å²) < 4.78 is 4.49. The van der Waals surface area contributed by atoms with E-state index in [9.17, 15) is 14.7 Å². The van der Waals surface area contributed by atoms with Crippen molar-refractivity contribution in [2.45, 2.75) is 12.8 Å². The van der Waals surface area contributed by atoms with Crippen molar-refractivity contribution < 1.29 is 24.7 Å². The van der Waals surface area contributed by atoms with Gasteiger partial charge in [-0.15, -0.1) is 0 Å². The summed E-state index contributed by atoms with van der Waals surface area (Å²) in [7, 11) is 4.00. The summed E-state index contributed by atoms with van der Waals surface area (Å²) in [4.78, 5) is 20.2. The molecule has 0 heterocycles. The van der Waals surface area contributed by atoms with E-state index in [4.69, 9.17) is 0 Å². The molecule has 2 N–H and O–H groups in total. The lowest BCUT2D eigenvalue weighted by molar-refractivity contribution is -0.597. The fourth-order valence-electron chi connectivity index (χ4n) is 0.448. The summed E-state index contributed by atoms with van der Waals surface area (Å²) in [5.41, 5.74) is 0. The smallest absolute Gasteiger partial charge is 0.330 e. The minimum Gasteiger partial charge on any atom is -0.550 e. The van der Waals surface area contributed by atoms with Crippen molar-refractivity contribution >= 4 is 11.9 Å². The van der Waals surface area contributed by atoms with Crippen LogP contribution in [0.15, 0.2) is 12.7 Å². The molecule has 0 aliphatic rings. The lowest BCUT2D eigenvalue weighted by Gasteiger charge is -2.01. The number of esters is 1. The van der Waals surface area contributed by atoms with Gasteiger partial charge in [0.25, 0.3) is 0 Å². The number of carboxylic acids is 1. The Bertz CT molecular complexity index is 180. The number of carboxylic acid groups (broad SMARTS) is 1. The van der Waals surface area contributed by atoms with Crippen molar-refractivity contribution in [3.8, 4) is 0 Å². The first-order valence-electron chi connectivity index (χ1n) is 4.31. The zero-order valence-corrected chi connectivity index (χ0v) is 8.62. The third kappa shape index (κ3) is 16.9. The topological polar surface area (TPSA) is 83.0 Å². The van der Waals surface area contributed by atoms with Gasteiger partial charge in [-0.1, -0.05) is 6.58 Å². The lowest BCUT2D eigenvalue weighted by atomic mass is 10.3. The molecular formula is C9H17NO4. The Kier molecular flexibility index (Phi) is 12.6. The molecule has 0 radical (unpaired) electrons. The second kappa shape index (κ2) is 11.6. The molecule has 0 aromatic rings. The van der Waals surface area contributed by atoms with Gasteiger partial charge in [0.15, 0.2) is 0 Å². The van der Waals surface area contributed by atoms with Crippen LogP contribution in [0.25, 0.3) is 0 Å². The molecule has 0 aliphatic heterocycles. The first kappa shape index (κ1) is 15.1. The zero-order valence-electron chi connectivity index (χ0n) is 8.62. The molecule has 0 aliphatic carbocycles. The number of nitrogens with two attached hydrogens (primary N) is 1. The number of aliphatic carboxylic acids is 1. The average Bonchev–Trinajstić information content (AvgIpc) is 2.13. The third-order valence-electron chi connectivity index (χ3n) is 0.936. The minimum absolute atomic E-state index is 0.0928. The van der Waals surface area contributed by atoms with E-state index in [1.807, 2.05) is 19.4 Å². The Balaban J connectivity index is 0. The summed E-state index contributed by atoms with van der Waals surface area (Å²) >= 11 is 0. The van der Waals surface area contributed by atoms with Crippen LogP contribution in [0.3, 0.4) is 0 Å². The number of hydrogen-bond acceptors (Lipinski definition) is 4. The van der Waals surface area contributed by atoms with Crippen LogP contribution in [-0.2, 0) is 14.3 Å². The van der Waals surface area contributed by atoms with Gasteiger partial charge in [0.2, 0.25) is 0 Å². The summed E-state index contributed by atoms with van der Waals surface area (Å²) in [6, 6.07) is 0. The first-order valence-corrected chi connectivity index (χ1v) is 4.31. The molecule has 0 aromatic carbocycles. The average molecular weight is 203 g/mol. The fraction of sp³-hybridized carbons (Fsp3) is 0.556. The third-order valence-corrected chi connectivity index (χ3v) is 0.936. The van der Waals surface area contributed by atoms with E-state index in [0.29, 0.717) is 0 Å². The zero-order chi connectivity index (χ0) is 11.4. The molecule has 82 valence electrons. The molecule has 0 saturated carbocycles. The van der Waals surface area contributed by atoms with E-state index in [-0.39, 0.29) is 19.4 Å². The van der Waals surface area contributed by atoms with Gasteiger partial charge in [-0.3, -0.25) is 0 Å². The Morgan fingerprint density at radius 3 is 2.36 bits per heavy atom. The molecule has 0 aromatic heterocycles. The van der Waals surface area contributed by atoms with Gasteiger partial charge in [0.05, 0.1) is 20.7 Å². The number of rotatable bonds is 5. The highest BCUT2D eigenvalue weighted by Gasteiger charge is 1.94. The first-order chi connectivity index (χ1) is 6.58. The van der Waals surface area contributed by atoms with Gasteiger partial charge in [0, 0.05) is 12.0 Å². The molecule has 5 nitrogen and oxygen atoms in total. The second-order valence-corrected chi connectivity index (χ2v) is 2.42. The van der Waals surface area contributed by atoms with Crippen LogP contribution in [0.1, 0.15) is 12.8 Å². The summed E-state index contributed by atoms with van der Waals surface area (Å²) in [5.74, 6) is -1.68. The lowest BCUT2D eigenvalue weighted by Crippen LogP contribution is -2.74. The van der Waals surface area contributed by atoms with Crippen LogP contribution >= 0.6 is 0 Å². The number of quaternary nitrogens is 1. The van der Waals surface area contributed by atoms with Crippen molar-refractivity contribution in [1.29, 1.82) is 0 Å². The van der Waals surface area contributed by atoms with Gasteiger partial charge in [-0.05, 0) is 12.8 Å². The van der Waals surface area contributed by atoms with Gasteiger partial charge in [-0.25, -0.2) is 4.79 Å². The SMILES string of the molecule is C=CC(=O)OCCCC(=O)[O-].C[NH2+]C. The fourth-order valence-corrected chi connectivity index (χ4v) is 0.448. The van der Waals surface area contributed by atoms with E-state index >= 15 is 0 Å². The van der Waals surface area contributed by atoms with Gasteiger partial charge in [0.1, 0.15) is 0 Å². The number of carbonyl (C=O) groups excluding carboxylic acids is 2. The molecule has 0 fully saturated rings. The van der Waals surface area contributed by atoms with E-state index in [0.717, 1.165) is 6.08 Å². The highest BCUT2D eigenvalue weighted by Crippen LogP contribution is 1.89. The summed E-state index contributed by atoms with van der Waals surface area (Å²) in [6.45, 7) is 3.27. The van der Waals surface area contributed by atoms with Crippen molar-refractivity contribution in [2.24, 2.45) is 0 Å². The predicted octanol–water partition coefficient (Wildman–Crippen LogP) is -1.94. The summed E-state index contributed by atoms with van der Waals surface area (Å²) in [5, 5.41) is 11.8. The maximum atomic E-state index is 10.4. The Hall–Kier alpha value is -1.36. The molecule has 5 heteroatoms. The van der Waals surface area contributed by atoms with Crippen LogP contribution in [0, 0.1) is 0 Å². The van der Waals surface area contributed by atoms with Crippen LogP contribution in [0.2, 0.25) is 0 Å². The molecule has 0 saturated heterocycles. The van der Waals surface area contributed by atoms with E-state index in [2.05, 4.69) is 11.3 Å². The highest BCUT2D eigenvalue weighted by molar-refractivity contribution is 5.81. The normalized spacial score (nSPS) is 8.14. The Morgan fingerprint density at radius 1 is 1.50 bits per heavy atom. The standard InChI is InChI=1S/C7H10O4.C2H7N/c1-2-7(10)11-5-3-4-6(8)9;1-3-2/h2H,1,3-5H2,(H,8,9);3H,1-2H3. The molecule has 0 unspecified atom stereocenters. The number of carbonyl (C=O) groups is 2. The van der Waals surface area contributed by atoms with Gasteiger partial charge >= 0.3 is 5.97 Å². The maximum absolute atomic E-state index is 10.4. The van der Waals surface area contributed by atoms with E-state index < -0.39 is 11.9 Å². The Labute approximate surface area is 83.8 Å². The minimum atomic E-state index is -1.14. The van der Waals surface area contributed by atoms with E-state index in [1.165, 1.54) is 0 Å². The number of hydrogen-bond donors (Lipinski definition) is 1. The van der Waals surface area contributed by atoms with Crippen molar-refractivity contribution in [3.05, 3.63) is 12.7 Å². The van der Waals surface area contributed by atoms with Crippen molar-refractivity contribution in [1.82, 2.24) is 0 Å². The molecule has 0 rings (SSSR count). The highest BCUT2D eigenvalue weighted by atomic mass is 16.5. The monoisotopic (exact) mass is 203 g/mol. The molecule has 0 bridgehead atoms. The van der Waals surface area contributed by atoms with E-state index in [1.54, 1.807) is 0 Å². The van der Waals surface area contributed by atoms with Gasteiger partial charge in [-0.2, -0.15) is 0 Å². The molecular weight excluding hydrogens is 186 g/mol.